The van der Waals surface area contributed by atoms with Crippen LogP contribution in [-0.2, 0) is 6.54 Å². The normalized spacial score (nSPS) is 12.4. The van der Waals surface area contributed by atoms with Crippen LogP contribution in [0.3, 0.4) is 0 Å². The van der Waals surface area contributed by atoms with Crippen molar-refractivity contribution in [2.75, 3.05) is 5.32 Å². The van der Waals surface area contributed by atoms with E-state index in [2.05, 4.69) is 102 Å². The molecule has 0 amide bonds. The van der Waals surface area contributed by atoms with Crippen LogP contribution in [0, 0.1) is 0 Å². The first-order chi connectivity index (χ1) is 13.4. The molecule has 1 aliphatic carbocycles. The number of rotatable bonds is 4. The van der Waals surface area contributed by atoms with E-state index in [1.807, 2.05) is 6.07 Å². The Labute approximate surface area is 160 Å². The first kappa shape index (κ1) is 15.9. The van der Waals surface area contributed by atoms with Crippen LogP contribution < -0.4 is 5.32 Å². The first-order valence-electron chi connectivity index (χ1n) is 9.47. The minimum atomic E-state index is 0.297. The molecular weight excluding hydrogens is 326 g/mol. The zero-order valence-electron chi connectivity index (χ0n) is 15.1. The molecule has 0 atom stereocenters. The van der Waals surface area contributed by atoms with Crippen LogP contribution in [0.4, 0.5) is 5.69 Å². The molecule has 0 aromatic heterocycles. The number of hydrogen-bond acceptors (Lipinski definition) is 1. The highest BCUT2D eigenvalue weighted by Crippen LogP contribution is 2.48. The SMILES string of the molecule is c1ccc(NCc2ccccc2C2c3ccccc3-c3ccccc32)cc1. The lowest BCUT2D eigenvalue weighted by Gasteiger charge is -2.19. The van der Waals surface area contributed by atoms with Crippen molar-refractivity contribution in [3.63, 3.8) is 0 Å². The minimum absolute atomic E-state index is 0.297. The Morgan fingerprint density at radius 2 is 1.04 bits per heavy atom. The molecule has 4 aromatic carbocycles. The van der Waals surface area contributed by atoms with Crippen molar-refractivity contribution < 1.29 is 0 Å². The molecule has 4 aromatic rings. The van der Waals surface area contributed by atoms with Crippen LogP contribution in [0.1, 0.15) is 28.2 Å². The third-order valence-electron chi connectivity index (χ3n) is 5.46. The van der Waals surface area contributed by atoms with Gasteiger partial charge in [0, 0.05) is 18.2 Å². The second kappa shape index (κ2) is 6.77. The summed E-state index contributed by atoms with van der Waals surface area (Å²) < 4.78 is 0. The molecular formula is C26H21N. The van der Waals surface area contributed by atoms with Gasteiger partial charge < -0.3 is 5.32 Å². The third kappa shape index (κ3) is 2.82. The van der Waals surface area contributed by atoms with Gasteiger partial charge in [0.05, 0.1) is 0 Å². The molecule has 130 valence electrons. The van der Waals surface area contributed by atoms with E-state index in [1.165, 1.54) is 33.4 Å². The summed E-state index contributed by atoms with van der Waals surface area (Å²) in [5.74, 6) is 0.297. The van der Waals surface area contributed by atoms with Crippen molar-refractivity contribution in [3.05, 3.63) is 125 Å². The fourth-order valence-electron chi connectivity index (χ4n) is 4.22. The van der Waals surface area contributed by atoms with E-state index in [0.717, 1.165) is 12.2 Å². The van der Waals surface area contributed by atoms with E-state index in [0.29, 0.717) is 5.92 Å². The summed E-state index contributed by atoms with van der Waals surface area (Å²) in [5, 5.41) is 3.57. The number of para-hydroxylation sites is 1. The fourth-order valence-corrected chi connectivity index (χ4v) is 4.22. The highest BCUT2D eigenvalue weighted by Gasteiger charge is 2.30. The molecule has 0 saturated carbocycles. The second-order valence-corrected chi connectivity index (χ2v) is 7.03. The summed E-state index contributed by atoms with van der Waals surface area (Å²) in [6, 6.07) is 36.9. The maximum atomic E-state index is 3.57. The highest BCUT2D eigenvalue weighted by atomic mass is 14.9. The van der Waals surface area contributed by atoms with Gasteiger partial charge in [-0.15, -0.1) is 0 Å². The van der Waals surface area contributed by atoms with Crippen molar-refractivity contribution in [1.29, 1.82) is 0 Å². The fraction of sp³-hybridized carbons (Fsp3) is 0.0769. The van der Waals surface area contributed by atoms with Crippen molar-refractivity contribution in [2.45, 2.75) is 12.5 Å². The van der Waals surface area contributed by atoms with Crippen LogP contribution in [0.5, 0.6) is 0 Å². The number of benzene rings is 4. The monoisotopic (exact) mass is 347 g/mol. The topological polar surface area (TPSA) is 12.0 Å². The number of anilines is 1. The van der Waals surface area contributed by atoms with Gasteiger partial charge in [0.25, 0.3) is 0 Å². The molecule has 1 N–H and O–H groups in total. The van der Waals surface area contributed by atoms with E-state index in [1.54, 1.807) is 0 Å². The van der Waals surface area contributed by atoms with Crippen LogP contribution in [-0.4, -0.2) is 0 Å². The lowest BCUT2D eigenvalue weighted by atomic mass is 9.86. The Morgan fingerprint density at radius 1 is 0.519 bits per heavy atom. The Hall–Kier alpha value is -3.32. The lowest BCUT2D eigenvalue weighted by molar-refractivity contribution is 0.968. The van der Waals surface area contributed by atoms with E-state index >= 15 is 0 Å². The zero-order valence-corrected chi connectivity index (χ0v) is 15.1. The predicted molar refractivity (Wildman–Crippen MR) is 113 cm³/mol. The predicted octanol–water partition coefficient (Wildman–Crippen LogP) is 6.46. The van der Waals surface area contributed by atoms with Gasteiger partial charge in [0.15, 0.2) is 0 Å². The maximum absolute atomic E-state index is 3.57. The zero-order chi connectivity index (χ0) is 18.1. The first-order valence-corrected chi connectivity index (χ1v) is 9.47. The summed E-state index contributed by atoms with van der Waals surface area (Å²) in [6.45, 7) is 0.820. The second-order valence-electron chi connectivity index (χ2n) is 7.03. The summed E-state index contributed by atoms with van der Waals surface area (Å²) in [7, 11) is 0. The molecule has 0 radical (unpaired) electrons. The molecule has 1 nitrogen and oxygen atoms in total. The van der Waals surface area contributed by atoms with Gasteiger partial charge in [-0.05, 0) is 45.5 Å². The van der Waals surface area contributed by atoms with Crippen molar-refractivity contribution >= 4 is 5.69 Å². The van der Waals surface area contributed by atoms with Gasteiger partial charge in [0.2, 0.25) is 0 Å². The Bertz CT molecular complexity index is 1040. The largest absolute Gasteiger partial charge is 0.381 e. The van der Waals surface area contributed by atoms with Crippen LogP contribution >= 0.6 is 0 Å². The van der Waals surface area contributed by atoms with Crippen LogP contribution in [0.15, 0.2) is 103 Å². The summed E-state index contributed by atoms with van der Waals surface area (Å²) >= 11 is 0. The Morgan fingerprint density at radius 3 is 1.70 bits per heavy atom. The number of fused-ring (bicyclic) bond motifs is 3. The molecule has 5 rings (SSSR count). The van der Waals surface area contributed by atoms with Crippen LogP contribution in [0.2, 0.25) is 0 Å². The highest BCUT2D eigenvalue weighted by molar-refractivity contribution is 5.80. The van der Waals surface area contributed by atoms with E-state index in [9.17, 15) is 0 Å². The third-order valence-corrected chi connectivity index (χ3v) is 5.46. The van der Waals surface area contributed by atoms with Gasteiger partial charge in [-0.1, -0.05) is 91.0 Å². The van der Waals surface area contributed by atoms with Gasteiger partial charge >= 0.3 is 0 Å². The van der Waals surface area contributed by atoms with Crippen molar-refractivity contribution in [2.24, 2.45) is 0 Å². The Kier molecular flexibility index (Phi) is 3.99. The van der Waals surface area contributed by atoms with E-state index in [-0.39, 0.29) is 0 Å². The average molecular weight is 347 g/mol. The van der Waals surface area contributed by atoms with Gasteiger partial charge in [-0.25, -0.2) is 0 Å². The van der Waals surface area contributed by atoms with Gasteiger partial charge in [-0.3, -0.25) is 0 Å². The van der Waals surface area contributed by atoms with E-state index in [4.69, 9.17) is 0 Å². The minimum Gasteiger partial charge on any atom is -0.381 e. The van der Waals surface area contributed by atoms with E-state index < -0.39 is 0 Å². The average Bonchev–Trinajstić information content (AvgIpc) is 3.08. The molecule has 0 heterocycles. The molecule has 0 bridgehead atoms. The molecule has 0 saturated heterocycles. The van der Waals surface area contributed by atoms with Gasteiger partial charge in [0.1, 0.15) is 0 Å². The molecule has 1 aliphatic rings. The molecule has 27 heavy (non-hydrogen) atoms. The molecule has 1 heteroatoms. The number of nitrogens with one attached hydrogen (secondary N) is 1. The summed E-state index contributed by atoms with van der Waals surface area (Å²) in [6.07, 6.45) is 0. The standard InChI is InChI=1S/C26H21N/c1-2-11-20(12-3-1)27-18-19-10-4-5-13-21(19)26-24-16-8-6-14-22(24)23-15-7-9-17-25(23)26/h1-17,26-27H,18H2. The lowest BCUT2D eigenvalue weighted by Crippen LogP contribution is -2.07. The Balaban J connectivity index is 1.57. The van der Waals surface area contributed by atoms with Crippen molar-refractivity contribution in [3.8, 4) is 11.1 Å². The summed E-state index contributed by atoms with van der Waals surface area (Å²) in [5.41, 5.74) is 9.43. The molecule has 0 fully saturated rings. The smallest absolute Gasteiger partial charge is 0.0403 e. The summed E-state index contributed by atoms with van der Waals surface area (Å²) in [4.78, 5) is 0. The molecule has 0 aliphatic heterocycles. The maximum Gasteiger partial charge on any atom is 0.0403 e. The molecule has 0 unspecified atom stereocenters. The van der Waals surface area contributed by atoms with Crippen LogP contribution in [0.25, 0.3) is 11.1 Å². The van der Waals surface area contributed by atoms with Gasteiger partial charge in [-0.2, -0.15) is 0 Å². The molecule has 0 spiro atoms. The quantitative estimate of drug-likeness (QED) is 0.393. The van der Waals surface area contributed by atoms with Crippen molar-refractivity contribution in [1.82, 2.24) is 0 Å². The number of hydrogen-bond donors (Lipinski definition) is 1.